The minimum absolute atomic E-state index is 0.475. The van der Waals surface area contributed by atoms with E-state index in [4.69, 9.17) is 4.98 Å². The number of aromatic nitrogens is 1. The fraction of sp³-hybridized carbons (Fsp3) is 0.500. The van der Waals surface area contributed by atoms with Crippen molar-refractivity contribution in [2.24, 2.45) is 0 Å². The number of nitrogens with zero attached hydrogens (tertiary/aromatic N) is 3. The van der Waals surface area contributed by atoms with Crippen LogP contribution in [-0.4, -0.2) is 36.1 Å². The molecule has 1 aromatic heterocycles. The van der Waals surface area contributed by atoms with Crippen LogP contribution < -0.4 is 4.90 Å². The largest absolute Gasteiger partial charge is 0.345 e. The molecule has 1 unspecified atom stereocenters. The number of thiazole rings is 1. The molecule has 0 bridgehead atoms. The van der Waals surface area contributed by atoms with Crippen LogP contribution in [0.4, 0.5) is 5.13 Å². The van der Waals surface area contributed by atoms with Crippen molar-refractivity contribution in [1.82, 2.24) is 9.88 Å². The standard InChI is InChI=1S/C20H23N3S.3C2H6.I2/c1-15-7-9-17(10-8-15)16(2)22-11-13-23(14-12-22)20-21-18-5-3-4-6-19(18)24-20;4*1-2/h3-10,16H,11-14H2,1-2H3;3*1-2H3;. The smallest absolute Gasteiger partial charge is 0.186 e. The van der Waals surface area contributed by atoms with Crippen LogP contribution in [0.5, 0.6) is 0 Å². The summed E-state index contributed by atoms with van der Waals surface area (Å²) in [5.41, 5.74) is 3.86. The molecule has 1 fully saturated rings. The van der Waals surface area contributed by atoms with Crippen LogP contribution in [0.3, 0.4) is 0 Å². The molecule has 0 spiro atoms. The first-order valence-electron chi connectivity index (χ1n) is 11.8. The molecule has 6 heteroatoms. The zero-order chi connectivity index (χ0) is 24.5. The monoisotopic (exact) mass is 681 g/mol. The Morgan fingerprint density at radius 2 is 1.34 bits per heavy atom. The van der Waals surface area contributed by atoms with Crippen LogP contribution in [0.15, 0.2) is 48.5 Å². The number of hydrogen-bond acceptors (Lipinski definition) is 4. The van der Waals surface area contributed by atoms with Crippen LogP contribution in [0.1, 0.15) is 65.6 Å². The van der Waals surface area contributed by atoms with Crippen molar-refractivity contribution in [2.75, 3.05) is 31.1 Å². The van der Waals surface area contributed by atoms with Gasteiger partial charge in [-0.1, -0.05) is 94.8 Å². The van der Waals surface area contributed by atoms with E-state index in [9.17, 15) is 0 Å². The highest BCUT2D eigenvalue weighted by Gasteiger charge is 2.23. The third-order valence-electron chi connectivity index (χ3n) is 4.97. The van der Waals surface area contributed by atoms with Gasteiger partial charge in [0.15, 0.2) is 5.13 Å². The van der Waals surface area contributed by atoms with Crippen molar-refractivity contribution in [3.05, 3.63) is 59.7 Å². The lowest BCUT2D eigenvalue weighted by molar-refractivity contribution is 0.198. The van der Waals surface area contributed by atoms with E-state index in [1.807, 2.05) is 52.9 Å². The average Bonchev–Trinajstić information content (AvgIpc) is 3.33. The number of anilines is 1. The summed E-state index contributed by atoms with van der Waals surface area (Å²) in [6, 6.07) is 17.8. The predicted octanol–water partition coefficient (Wildman–Crippen LogP) is 9.34. The Labute approximate surface area is 224 Å². The Bertz CT molecular complexity index is 795. The van der Waals surface area contributed by atoms with Crippen molar-refractivity contribution < 1.29 is 0 Å². The second-order valence-corrected chi connectivity index (χ2v) is 7.58. The van der Waals surface area contributed by atoms with Crippen molar-refractivity contribution in [1.29, 1.82) is 0 Å². The second-order valence-electron chi connectivity index (χ2n) is 6.57. The molecule has 2 aromatic carbocycles. The van der Waals surface area contributed by atoms with Gasteiger partial charge in [0.25, 0.3) is 0 Å². The SMILES string of the molecule is CC.CC.CC.Cc1ccc(C(C)N2CCN(c3nc4ccccc4s3)CC2)cc1.II. The van der Waals surface area contributed by atoms with Crippen molar-refractivity contribution >= 4 is 63.9 Å². The zero-order valence-electron chi connectivity index (χ0n) is 21.0. The summed E-state index contributed by atoms with van der Waals surface area (Å²) in [6.07, 6.45) is 0. The number of fused-ring (bicyclic) bond motifs is 1. The Hall–Kier alpha value is -0.450. The maximum absolute atomic E-state index is 4.80. The van der Waals surface area contributed by atoms with Crippen LogP contribution in [0.2, 0.25) is 0 Å². The van der Waals surface area contributed by atoms with E-state index in [1.165, 1.54) is 21.0 Å². The molecule has 0 radical (unpaired) electrons. The molecule has 4 rings (SSSR count). The number of piperazine rings is 1. The van der Waals surface area contributed by atoms with Gasteiger partial charge in [-0.05, 0) is 31.5 Å². The summed E-state index contributed by atoms with van der Waals surface area (Å²) in [5.74, 6) is 0. The van der Waals surface area contributed by atoms with E-state index >= 15 is 0 Å². The molecule has 2 heterocycles. The zero-order valence-corrected chi connectivity index (χ0v) is 26.2. The lowest BCUT2D eigenvalue weighted by Gasteiger charge is -2.38. The maximum atomic E-state index is 4.80. The number of para-hydroxylation sites is 1. The average molecular weight is 682 g/mol. The number of aryl methyl sites for hydroxylation is 1. The highest BCUT2D eigenvalue weighted by Crippen LogP contribution is 2.30. The molecule has 1 saturated heterocycles. The second kappa shape index (κ2) is 18.9. The molecular weight excluding hydrogens is 640 g/mol. The molecule has 0 amide bonds. The molecule has 0 aliphatic carbocycles. The van der Waals surface area contributed by atoms with Gasteiger partial charge < -0.3 is 4.90 Å². The molecule has 3 aromatic rings. The third-order valence-corrected chi connectivity index (χ3v) is 6.07. The molecule has 1 aliphatic rings. The van der Waals surface area contributed by atoms with E-state index in [-0.39, 0.29) is 0 Å². The molecule has 32 heavy (non-hydrogen) atoms. The first-order valence-corrected chi connectivity index (χ1v) is 18.9. The number of hydrogen-bond donors (Lipinski definition) is 0. The molecule has 3 nitrogen and oxygen atoms in total. The van der Waals surface area contributed by atoms with Gasteiger partial charge in [0.1, 0.15) is 0 Å². The summed E-state index contributed by atoms with van der Waals surface area (Å²) in [6.45, 7) is 20.7. The van der Waals surface area contributed by atoms with Crippen LogP contribution in [0, 0.1) is 6.92 Å². The van der Waals surface area contributed by atoms with E-state index in [0.717, 1.165) is 31.7 Å². The van der Waals surface area contributed by atoms with Gasteiger partial charge in [-0.3, -0.25) is 4.90 Å². The molecule has 0 saturated carbocycles. The first kappa shape index (κ1) is 31.6. The van der Waals surface area contributed by atoms with Crippen LogP contribution in [-0.2, 0) is 0 Å². The topological polar surface area (TPSA) is 19.4 Å². The minimum Gasteiger partial charge on any atom is -0.345 e. The highest BCUT2D eigenvalue weighted by molar-refractivity contribution is 15.0. The van der Waals surface area contributed by atoms with Gasteiger partial charge in [0, 0.05) is 69.5 Å². The lowest BCUT2D eigenvalue weighted by Crippen LogP contribution is -2.47. The van der Waals surface area contributed by atoms with Crippen LogP contribution in [0.25, 0.3) is 10.2 Å². The number of halogens is 2. The van der Waals surface area contributed by atoms with Gasteiger partial charge in [-0.25, -0.2) is 4.98 Å². The van der Waals surface area contributed by atoms with E-state index in [2.05, 4.69) is 109 Å². The Morgan fingerprint density at radius 3 is 1.88 bits per heavy atom. The van der Waals surface area contributed by atoms with Crippen molar-refractivity contribution in [3.8, 4) is 0 Å². The van der Waals surface area contributed by atoms with E-state index in [1.54, 1.807) is 0 Å². The molecule has 1 atom stereocenters. The van der Waals surface area contributed by atoms with Gasteiger partial charge in [-0.15, -0.1) is 0 Å². The Morgan fingerprint density at radius 1 is 0.812 bits per heavy atom. The van der Waals surface area contributed by atoms with Crippen molar-refractivity contribution in [2.45, 2.75) is 61.4 Å². The quantitative estimate of drug-likeness (QED) is 0.257. The molecule has 1 aliphatic heterocycles. The Kier molecular flexibility index (Phi) is 18.7. The summed E-state index contributed by atoms with van der Waals surface area (Å²) >= 11 is 6.05. The summed E-state index contributed by atoms with van der Waals surface area (Å²) < 4.78 is 1.28. The first-order chi connectivity index (χ1) is 15.7. The van der Waals surface area contributed by atoms with Crippen LogP contribution >= 0.6 is 48.6 Å². The third kappa shape index (κ3) is 9.43. The highest BCUT2D eigenvalue weighted by atomic mass is 128. The lowest BCUT2D eigenvalue weighted by atomic mass is 10.0. The molecular formula is C26H41I2N3S. The summed E-state index contributed by atoms with van der Waals surface area (Å²) in [5, 5.41) is 1.17. The maximum Gasteiger partial charge on any atom is 0.186 e. The van der Waals surface area contributed by atoms with Gasteiger partial charge in [0.2, 0.25) is 0 Å². The predicted molar refractivity (Wildman–Crippen MR) is 165 cm³/mol. The van der Waals surface area contributed by atoms with Crippen molar-refractivity contribution in [3.63, 3.8) is 0 Å². The molecule has 180 valence electrons. The van der Waals surface area contributed by atoms with E-state index in [0.29, 0.717) is 6.04 Å². The summed E-state index contributed by atoms with van der Waals surface area (Å²) in [7, 11) is 0. The van der Waals surface area contributed by atoms with Gasteiger partial charge in [-0.2, -0.15) is 0 Å². The minimum atomic E-state index is 0.475. The summed E-state index contributed by atoms with van der Waals surface area (Å²) in [4.78, 5) is 9.81. The fourth-order valence-corrected chi connectivity index (χ4v) is 4.37. The van der Waals surface area contributed by atoms with Gasteiger partial charge in [0.05, 0.1) is 10.2 Å². The number of benzene rings is 2. The fourth-order valence-electron chi connectivity index (χ4n) is 3.35. The van der Waals surface area contributed by atoms with E-state index < -0.39 is 0 Å². The number of rotatable bonds is 3. The Balaban J connectivity index is 0.00000109. The molecule has 0 N–H and O–H groups in total. The van der Waals surface area contributed by atoms with Gasteiger partial charge >= 0.3 is 0 Å². The normalized spacial score (nSPS) is 13.8.